The van der Waals surface area contributed by atoms with Crippen LogP contribution < -0.4 is 5.32 Å². The molecule has 6 heteroatoms. The summed E-state index contributed by atoms with van der Waals surface area (Å²) in [5.74, 6) is 0.684. The summed E-state index contributed by atoms with van der Waals surface area (Å²) in [6, 6.07) is 15.5. The van der Waals surface area contributed by atoms with Crippen LogP contribution in [0, 0.1) is 0 Å². The number of hydrogen-bond acceptors (Lipinski definition) is 4. The van der Waals surface area contributed by atoms with E-state index in [0.717, 1.165) is 21.2 Å². The number of halogens is 1. The molecule has 1 amide bonds. The summed E-state index contributed by atoms with van der Waals surface area (Å²) in [5, 5.41) is 7.67. The molecule has 0 saturated heterocycles. The van der Waals surface area contributed by atoms with Gasteiger partial charge >= 0.3 is 0 Å². The zero-order chi connectivity index (χ0) is 17.6. The van der Waals surface area contributed by atoms with E-state index in [1.54, 1.807) is 40.9 Å². The summed E-state index contributed by atoms with van der Waals surface area (Å²) in [5.41, 5.74) is 2.58. The quantitative estimate of drug-likeness (QED) is 0.464. The highest BCUT2D eigenvalue weighted by atomic mass is 35.5. The lowest BCUT2D eigenvalue weighted by Crippen LogP contribution is -2.13. The molecule has 3 aromatic rings. The van der Waals surface area contributed by atoms with Gasteiger partial charge in [-0.05, 0) is 59.0 Å². The summed E-state index contributed by atoms with van der Waals surface area (Å²) in [6.07, 6.45) is 1.97. The summed E-state index contributed by atoms with van der Waals surface area (Å²) in [7, 11) is 0. The van der Waals surface area contributed by atoms with Gasteiger partial charge in [0.25, 0.3) is 5.91 Å². The molecule has 2 aromatic carbocycles. The topological polar surface area (TPSA) is 29.1 Å². The third kappa shape index (κ3) is 4.82. The van der Waals surface area contributed by atoms with E-state index in [4.69, 9.17) is 11.6 Å². The van der Waals surface area contributed by atoms with Gasteiger partial charge in [-0.15, -0.1) is 23.5 Å². The van der Waals surface area contributed by atoms with E-state index >= 15 is 0 Å². The van der Waals surface area contributed by atoms with Crippen molar-refractivity contribution in [1.82, 2.24) is 0 Å². The monoisotopic (exact) mass is 405 g/mol. The molecule has 0 unspecified atom stereocenters. The van der Waals surface area contributed by atoms with Crippen LogP contribution >= 0.6 is 46.5 Å². The molecule has 3 rings (SSSR count). The molecule has 0 atom stereocenters. The first-order chi connectivity index (χ1) is 12.2. The highest BCUT2D eigenvalue weighted by Crippen LogP contribution is 2.31. The minimum absolute atomic E-state index is 0.190. The Bertz CT molecular complexity index is 865. The van der Waals surface area contributed by atoms with E-state index in [9.17, 15) is 4.79 Å². The Labute approximate surface area is 165 Å². The second kappa shape index (κ2) is 8.81. The number of hydrogen-bond donors (Lipinski definition) is 1. The first-order valence-corrected chi connectivity index (χ1v) is 11.1. The molecule has 0 bridgehead atoms. The molecule has 1 aromatic heterocycles. The van der Waals surface area contributed by atoms with Crippen LogP contribution in [0.3, 0.4) is 0 Å². The van der Waals surface area contributed by atoms with E-state index in [1.807, 2.05) is 42.7 Å². The van der Waals surface area contributed by atoms with Crippen LogP contribution in [0.5, 0.6) is 0 Å². The predicted octanol–water partition coefficient (Wildman–Crippen LogP) is 6.67. The molecule has 0 aliphatic rings. The number of nitrogens with one attached hydrogen (secondary N) is 1. The molecule has 0 radical (unpaired) electrons. The van der Waals surface area contributed by atoms with Gasteiger partial charge in [-0.1, -0.05) is 23.7 Å². The number of benzene rings is 2. The van der Waals surface area contributed by atoms with Crippen LogP contribution in [0.1, 0.15) is 15.9 Å². The van der Waals surface area contributed by atoms with E-state index in [2.05, 4.69) is 22.1 Å². The SMILES string of the molecule is CSc1ccc(Cl)c(C(=O)Nc2ccccc2SCc2ccsc2)c1. The van der Waals surface area contributed by atoms with E-state index in [-0.39, 0.29) is 5.91 Å². The summed E-state index contributed by atoms with van der Waals surface area (Å²) in [4.78, 5) is 14.7. The average molecular weight is 406 g/mol. The molecule has 128 valence electrons. The fourth-order valence-corrected chi connectivity index (χ4v) is 4.60. The van der Waals surface area contributed by atoms with Crippen molar-refractivity contribution >= 4 is 58.1 Å². The van der Waals surface area contributed by atoms with Crippen LogP contribution in [0.4, 0.5) is 5.69 Å². The number of rotatable bonds is 6. The predicted molar refractivity (Wildman–Crippen MR) is 112 cm³/mol. The second-order valence-electron chi connectivity index (χ2n) is 5.22. The van der Waals surface area contributed by atoms with Gasteiger partial charge < -0.3 is 5.32 Å². The van der Waals surface area contributed by atoms with Crippen LogP contribution in [-0.4, -0.2) is 12.2 Å². The second-order valence-corrected chi connectivity index (χ2v) is 8.30. The first-order valence-electron chi connectivity index (χ1n) is 7.55. The number of carbonyl (C=O) groups is 1. The van der Waals surface area contributed by atoms with Gasteiger partial charge in [-0.25, -0.2) is 0 Å². The van der Waals surface area contributed by atoms with Crippen molar-refractivity contribution in [2.75, 3.05) is 11.6 Å². The molecule has 1 heterocycles. The van der Waals surface area contributed by atoms with Crippen molar-refractivity contribution in [3.05, 3.63) is 75.4 Å². The van der Waals surface area contributed by atoms with Crippen LogP contribution in [-0.2, 0) is 5.75 Å². The minimum Gasteiger partial charge on any atom is -0.321 e. The maximum Gasteiger partial charge on any atom is 0.257 e. The number of amides is 1. The number of thioether (sulfide) groups is 2. The summed E-state index contributed by atoms with van der Waals surface area (Å²) >= 11 is 11.2. The van der Waals surface area contributed by atoms with Crippen molar-refractivity contribution in [3.8, 4) is 0 Å². The maximum absolute atomic E-state index is 12.7. The Balaban J connectivity index is 1.77. The highest BCUT2D eigenvalue weighted by Gasteiger charge is 2.13. The Hall–Kier alpha value is -1.40. The van der Waals surface area contributed by atoms with Gasteiger partial charge in [0.1, 0.15) is 0 Å². The lowest BCUT2D eigenvalue weighted by atomic mass is 10.2. The van der Waals surface area contributed by atoms with Gasteiger partial charge in [-0.2, -0.15) is 11.3 Å². The van der Waals surface area contributed by atoms with Gasteiger partial charge in [0.15, 0.2) is 0 Å². The number of para-hydroxylation sites is 1. The summed E-state index contributed by atoms with van der Waals surface area (Å²) < 4.78 is 0. The minimum atomic E-state index is -0.190. The normalized spacial score (nSPS) is 10.6. The Kier molecular flexibility index (Phi) is 6.48. The number of carbonyl (C=O) groups excluding carboxylic acids is 1. The van der Waals surface area contributed by atoms with Crippen molar-refractivity contribution in [2.45, 2.75) is 15.5 Å². The fraction of sp³-hybridized carbons (Fsp3) is 0.105. The van der Waals surface area contributed by atoms with Crippen molar-refractivity contribution < 1.29 is 4.79 Å². The van der Waals surface area contributed by atoms with Crippen molar-refractivity contribution in [1.29, 1.82) is 0 Å². The first kappa shape index (κ1) is 18.4. The molecular weight excluding hydrogens is 390 g/mol. The largest absolute Gasteiger partial charge is 0.321 e. The highest BCUT2D eigenvalue weighted by molar-refractivity contribution is 7.98. The van der Waals surface area contributed by atoms with E-state index in [0.29, 0.717) is 10.6 Å². The third-order valence-corrected chi connectivity index (χ3v) is 6.46. The average Bonchev–Trinajstić information content (AvgIpc) is 3.15. The number of thiophene rings is 1. The van der Waals surface area contributed by atoms with Gasteiger partial charge in [-0.3, -0.25) is 4.79 Å². The molecule has 0 aliphatic heterocycles. The zero-order valence-electron chi connectivity index (χ0n) is 13.5. The van der Waals surface area contributed by atoms with E-state index in [1.165, 1.54) is 5.56 Å². The van der Waals surface area contributed by atoms with E-state index < -0.39 is 0 Å². The zero-order valence-corrected chi connectivity index (χ0v) is 16.7. The Morgan fingerprint density at radius 2 is 2.04 bits per heavy atom. The fourth-order valence-electron chi connectivity index (χ4n) is 2.23. The summed E-state index contributed by atoms with van der Waals surface area (Å²) in [6.45, 7) is 0. The molecule has 1 N–H and O–H groups in total. The molecule has 0 fully saturated rings. The molecule has 0 spiro atoms. The molecule has 25 heavy (non-hydrogen) atoms. The number of anilines is 1. The Morgan fingerprint density at radius 1 is 1.20 bits per heavy atom. The van der Waals surface area contributed by atoms with Crippen LogP contribution in [0.2, 0.25) is 5.02 Å². The Morgan fingerprint density at radius 3 is 2.80 bits per heavy atom. The van der Waals surface area contributed by atoms with Crippen molar-refractivity contribution in [2.24, 2.45) is 0 Å². The van der Waals surface area contributed by atoms with Gasteiger partial charge in [0.2, 0.25) is 0 Å². The van der Waals surface area contributed by atoms with Crippen LogP contribution in [0.25, 0.3) is 0 Å². The van der Waals surface area contributed by atoms with Crippen molar-refractivity contribution in [3.63, 3.8) is 0 Å². The molecule has 0 aliphatic carbocycles. The lowest BCUT2D eigenvalue weighted by molar-refractivity contribution is 0.102. The third-order valence-electron chi connectivity index (χ3n) is 3.53. The molecular formula is C19H16ClNOS3. The molecule has 2 nitrogen and oxygen atoms in total. The van der Waals surface area contributed by atoms with Crippen LogP contribution in [0.15, 0.2) is 69.1 Å². The maximum atomic E-state index is 12.7. The van der Waals surface area contributed by atoms with Gasteiger partial charge in [0, 0.05) is 15.5 Å². The smallest absolute Gasteiger partial charge is 0.257 e. The lowest BCUT2D eigenvalue weighted by Gasteiger charge is -2.12. The molecule has 0 saturated carbocycles. The van der Waals surface area contributed by atoms with Gasteiger partial charge in [0.05, 0.1) is 16.3 Å². The standard InChI is InChI=1S/C19H16ClNOS3/c1-23-14-6-7-16(20)15(10-14)19(22)21-17-4-2-3-5-18(17)25-12-13-8-9-24-11-13/h2-11H,12H2,1H3,(H,21,22).